The highest BCUT2D eigenvalue weighted by atomic mass is 32.1. The number of esters is 1. The number of thiophene rings is 1. The predicted octanol–water partition coefficient (Wildman–Crippen LogP) is 11.6. The van der Waals surface area contributed by atoms with Gasteiger partial charge in [-0.2, -0.15) is 5.26 Å². The summed E-state index contributed by atoms with van der Waals surface area (Å²) in [5, 5.41) is 28.7. The summed E-state index contributed by atoms with van der Waals surface area (Å²) in [4.78, 5) is 14.7. The Morgan fingerprint density at radius 2 is 1.47 bits per heavy atom. The largest absolute Gasteiger partial charge is 0.462 e. The van der Waals surface area contributed by atoms with E-state index in [2.05, 4.69) is 78.2 Å². The third kappa shape index (κ3) is 10.1. The van der Waals surface area contributed by atoms with Crippen molar-refractivity contribution in [1.29, 1.82) is 5.26 Å². The minimum atomic E-state index is -0.361. The molecular formula is C36H48N6O2S. The Balaban J connectivity index is 1.79. The summed E-state index contributed by atoms with van der Waals surface area (Å²) >= 11 is 1.28. The fourth-order valence-corrected chi connectivity index (χ4v) is 5.83. The second kappa shape index (κ2) is 17.6. The van der Waals surface area contributed by atoms with E-state index in [0.717, 1.165) is 24.3 Å². The number of hydrogen-bond donors (Lipinski definition) is 0. The number of nitriles is 1. The Morgan fingerprint density at radius 1 is 0.867 bits per heavy atom. The molecule has 1 heterocycles. The molecule has 0 unspecified atom stereocenters. The highest BCUT2D eigenvalue weighted by Gasteiger charge is 2.18. The monoisotopic (exact) mass is 628 g/mol. The molecule has 0 bridgehead atoms. The van der Waals surface area contributed by atoms with E-state index in [1.54, 1.807) is 24.3 Å². The van der Waals surface area contributed by atoms with Crippen molar-refractivity contribution in [1.82, 2.24) is 0 Å². The lowest BCUT2D eigenvalue weighted by Crippen LogP contribution is -2.33. The van der Waals surface area contributed by atoms with E-state index >= 15 is 0 Å². The standard InChI is InChI=1S/C36H48N6O2S/c1-9-27(10-2)21-42(22-28(11-3)12-4)31-17-18-33(25(7)19-31)39-41-35-32(20-37)26(8)34(45-35)40-38-30-15-13-29(14-16-30)36(43)44-23-24(5)6/h13-19,24,27-28H,9-12,21-23H2,1-8H3. The molecule has 0 fully saturated rings. The molecule has 0 N–H and O–H groups in total. The van der Waals surface area contributed by atoms with Crippen LogP contribution in [-0.2, 0) is 4.74 Å². The zero-order chi connectivity index (χ0) is 32.9. The van der Waals surface area contributed by atoms with Crippen LogP contribution in [0.5, 0.6) is 0 Å². The summed E-state index contributed by atoms with van der Waals surface area (Å²) in [6, 6.07) is 15.4. The fraction of sp³-hybridized carbons (Fsp3) is 0.500. The van der Waals surface area contributed by atoms with Crippen LogP contribution in [-0.4, -0.2) is 25.7 Å². The maximum absolute atomic E-state index is 12.2. The molecule has 8 nitrogen and oxygen atoms in total. The number of carbonyl (C=O) groups is 1. The zero-order valence-electron chi connectivity index (χ0n) is 28.1. The van der Waals surface area contributed by atoms with Crippen molar-refractivity contribution < 1.29 is 9.53 Å². The van der Waals surface area contributed by atoms with E-state index in [9.17, 15) is 10.1 Å². The maximum atomic E-state index is 12.2. The summed E-state index contributed by atoms with van der Waals surface area (Å²) in [6.07, 6.45) is 4.69. The number of rotatable bonds is 16. The molecule has 1 aromatic heterocycles. The van der Waals surface area contributed by atoms with E-state index < -0.39 is 0 Å². The van der Waals surface area contributed by atoms with Crippen LogP contribution in [0.4, 0.5) is 27.1 Å². The van der Waals surface area contributed by atoms with E-state index in [4.69, 9.17) is 4.74 Å². The molecule has 0 aliphatic rings. The molecule has 3 aromatic rings. The van der Waals surface area contributed by atoms with Crippen molar-refractivity contribution in [2.24, 2.45) is 38.2 Å². The zero-order valence-corrected chi connectivity index (χ0v) is 28.9. The second-order valence-corrected chi connectivity index (χ2v) is 13.0. The predicted molar refractivity (Wildman–Crippen MR) is 185 cm³/mol. The molecule has 0 spiro atoms. The summed E-state index contributed by atoms with van der Waals surface area (Å²) in [5.74, 6) is 1.23. The van der Waals surface area contributed by atoms with Crippen molar-refractivity contribution in [3.63, 3.8) is 0 Å². The molecule has 0 aliphatic carbocycles. The normalized spacial score (nSPS) is 11.8. The van der Waals surface area contributed by atoms with Crippen molar-refractivity contribution in [2.45, 2.75) is 81.1 Å². The first-order chi connectivity index (χ1) is 21.6. The third-order valence-electron chi connectivity index (χ3n) is 8.18. The van der Waals surface area contributed by atoms with E-state index in [1.807, 2.05) is 26.8 Å². The van der Waals surface area contributed by atoms with Gasteiger partial charge < -0.3 is 9.64 Å². The number of azo groups is 2. The highest BCUT2D eigenvalue weighted by molar-refractivity contribution is 7.19. The van der Waals surface area contributed by atoms with Crippen LogP contribution >= 0.6 is 11.3 Å². The minimum Gasteiger partial charge on any atom is -0.462 e. The number of nitrogens with zero attached hydrogens (tertiary/aromatic N) is 6. The summed E-state index contributed by atoms with van der Waals surface area (Å²) in [7, 11) is 0. The van der Waals surface area contributed by atoms with Gasteiger partial charge in [0.1, 0.15) is 11.1 Å². The Kier molecular flexibility index (Phi) is 13.9. The van der Waals surface area contributed by atoms with Crippen LogP contribution in [0.3, 0.4) is 0 Å². The molecular weight excluding hydrogens is 581 g/mol. The molecule has 0 aliphatic heterocycles. The first-order valence-electron chi connectivity index (χ1n) is 16.1. The highest BCUT2D eigenvalue weighted by Crippen LogP contribution is 2.42. The van der Waals surface area contributed by atoms with Crippen molar-refractivity contribution >= 4 is 44.4 Å². The van der Waals surface area contributed by atoms with Gasteiger partial charge in [0.15, 0.2) is 5.00 Å². The minimum absolute atomic E-state index is 0.271. The summed E-state index contributed by atoms with van der Waals surface area (Å²) < 4.78 is 5.28. The van der Waals surface area contributed by atoms with Gasteiger partial charge >= 0.3 is 5.97 Å². The van der Waals surface area contributed by atoms with Crippen LogP contribution in [0.15, 0.2) is 62.9 Å². The van der Waals surface area contributed by atoms with Gasteiger partial charge in [-0.25, -0.2) is 4.79 Å². The number of carbonyl (C=O) groups excluding carboxylic acids is 1. The number of aryl methyl sites for hydroxylation is 1. The molecule has 240 valence electrons. The van der Waals surface area contributed by atoms with Gasteiger partial charge in [0, 0.05) is 24.3 Å². The molecule has 0 atom stereocenters. The topological polar surface area (TPSA) is 103 Å². The Morgan fingerprint density at radius 3 is 2.00 bits per heavy atom. The van der Waals surface area contributed by atoms with Gasteiger partial charge in [-0.15, -0.1) is 20.5 Å². The number of anilines is 1. The lowest BCUT2D eigenvalue weighted by atomic mass is 9.98. The molecule has 0 saturated carbocycles. The van der Waals surface area contributed by atoms with Gasteiger partial charge in [0.25, 0.3) is 0 Å². The smallest absolute Gasteiger partial charge is 0.338 e. The van der Waals surface area contributed by atoms with Crippen LogP contribution in [0, 0.1) is 42.9 Å². The van der Waals surface area contributed by atoms with Gasteiger partial charge in [0.05, 0.1) is 29.1 Å². The van der Waals surface area contributed by atoms with Gasteiger partial charge in [-0.3, -0.25) is 0 Å². The van der Waals surface area contributed by atoms with Gasteiger partial charge in [0.2, 0.25) is 0 Å². The average molecular weight is 629 g/mol. The lowest BCUT2D eigenvalue weighted by Gasteiger charge is -2.32. The van der Waals surface area contributed by atoms with Crippen LogP contribution in [0.2, 0.25) is 0 Å². The first kappa shape index (κ1) is 35.6. The molecule has 0 amide bonds. The molecule has 9 heteroatoms. The Bertz CT molecular complexity index is 1480. The Labute approximate surface area is 273 Å². The van der Waals surface area contributed by atoms with Crippen LogP contribution in [0.25, 0.3) is 0 Å². The van der Waals surface area contributed by atoms with Crippen molar-refractivity contribution in [2.75, 3.05) is 24.6 Å². The van der Waals surface area contributed by atoms with Crippen LogP contribution in [0.1, 0.15) is 94.3 Å². The first-order valence-corrected chi connectivity index (χ1v) is 16.9. The van der Waals surface area contributed by atoms with Crippen molar-refractivity contribution in [3.05, 3.63) is 64.7 Å². The van der Waals surface area contributed by atoms with E-state index in [0.29, 0.717) is 50.8 Å². The molecule has 3 rings (SSSR count). The van der Waals surface area contributed by atoms with Gasteiger partial charge in [-0.1, -0.05) is 78.6 Å². The number of ether oxygens (including phenoxy) is 1. The number of benzene rings is 2. The van der Waals surface area contributed by atoms with Gasteiger partial charge in [-0.05, 0) is 79.6 Å². The maximum Gasteiger partial charge on any atom is 0.338 e. The second-order valence-electron chi connectivity index (χ2n) is 12.0. The molecule has 0 radical (unpaired) electrons. The average Bonchev–Trinajstić information content (AvgIpc) is 3.36. The molecule has 0 saturated heterocycles. The summed E-state index contributed by atoms with van der Waals surface area (Å²) in [6.45, 7) is 19.5. The lowest BCUT2D eigenvalue weighted by molar-refractivity contribution is 0.0459. The molecule has 45 heavy (non-hydrogen) atoms. The molecule has 2 aromatic carbocycles. The third-order valence-corrected chi connectivity index (χ3v) is 9.24. The number of hydrogen-bond acceptors (Lipinski definition) is 9. The van der Waals surface area contributed by atoms with E-state index in [1.165, 1.54) is 42.7 Å². The van der Waals surface area contributed by atoms with Crippen molar-refractivity contribution in [3.8, 4) is 6.07 Å². The SMILES string of the molecule is CCC(CC)CN(CC(CC)CC)c1ccc(N=Nc2sc(N=Nc3ccc(C(=O)OCC(C)C)cc3)c(C)c2C#N)c(C)c1. The quantitative estimate of drug-likeness (QED) is 0.116. The Hall–Kier alpha value is -3.90. The van der Waals surface area contributed by atoms with Crippen LogP contribution < -0.4 is 4.90 Å². The summed E-state index contributed by atoms with van der Waals surface area (Å²) in [5.41, 5.74) is 5.23. The van der Waals surface area contributed by atoms with E-state index in [-0.39, 0.29) is 11.9 Å². The fourth-order valence-electron chi connectivity index (χ4n) is 4.93.